The summed E-state index contributed by atoms with van der Waals surface area (Å²) in [5, 5.41) is 14.1. The Labute approximate surface area is 121 Å². The van der Waals surface area contributed by atoms with Crippen LogP contribution in [-0.2, 0) is 0 Å². The number of hydrogen-bond acceptors (Lipinski definition) is 6. The Morgan fingerprint density at radius 1 is 1.43 bits per heavy atom. The van der Waals surface area contributed by atoms with Crippen LogP contribution < -0.4 is 15.8 Å². The normalized spacial score (nSPS) is 10.2. The van der Waals surface area contributed by atoms with Gasteiger partial charge in [-0.05, 0) is 25.1 Å². The Bertz CT molecular complexity index is 646. The first-order chi connectivity index (χ1) is 10.1. The molecule has 0 amide bonds. The number of anilines is 2. The van der Waals surface area contributed by atoms with E-state index < -0.39 is 4.92 Å². The second kappa shape index (κ2) is 6.67. The summed E-state index contributed by atoms with van der Waals surface area (Å²) in [5.41, 5.74) is 6.55. The van der Waals surface area contributed by atoms with Crippen LogP contribution in [0.1, 0.15) is 5.56 Å². The molecule has 0 unspecified atom stereocenters. The lowest BCUT2D eigenvalue weighted by Gasteiger charge is -2.09. The van der Waals surface area contributed by atoms with E-state index in [2.05, 4.69) is 10.3 Å². The van der Waals surface area contributed by atoms with Gasteiger partial charge in [0.2, 0.25) is 5.82 Å². The van der Waals surface area contributed by atoms with Gasteiger partial charge in [-0.3, -0.25) is 10.1 Å². The summed E-state index contributed by atoms with van der Waals surface area (Å²) in [6.07, 6.45) is 1.53. The van der Waals surface area contributed by atoms with Crippen molar-refractivity contribution in [2.24, 2.45) is 5.73 Å². The van der Waals surface area contributed by atoms with Gasteiger partial charge in [-0.15, -0.1) is 0 Å². The van der Waals surface area contributed by atoms with Crippen LogP contribution in [-0.4, -0.2) is 23.1 Å². The van der Waals surface area contributed by atoms with E-state index in [1.54, 1.807) is 37.3 Å². The summed E-state index contributed by atoms with van der Waals surface area (Å²) in [5.74, 6) is 0.844. The van der Waals surface area contributed by atoms with Gasteiger partial charge in [0, 0.05) is 30.1 Å². The van der Waals surface area contributed by atoms with Gasteiger partial charge in [-0.25, -0.2) is 4.98 Å². The monoisotopic (exact) mass is 288 g/mol. The van der Waals surface area contributed by atoms with Crippen molar-refractivity contribution in [3.05, 3.63) is 52.2 Å². The third kappa shape index (κ3) is 3.67. The van der Waals surface area contributed by atoms with Crippen molar-refractivity contribution in [3.8, 4) is 5.75 Å². The highest BCUT2D eigenvalue weighted by Crippen LogP contribution is 2.29. The molecule has 0 atom stereocenters. The van der Waals surface area contributed by atoms with Crippen LogP contribution in [0, 0.1) is 17.0 Å². The molecule has 1 aromatic heterocycles. The Kier molecular flexibility index (Phi) is 4.68. The summed E-state index contributed by atoms with van der Waals surface area (Å²) in [4.78, 5) is 14.7. The number of aromatic nitrogens is 1. The highest BCUT2D eigenvalue weighted by molar-refractivity contribution is 5.68. The predicted molar refractivity (Wildman–Crippen MR) is 79.9 cm³/mol. The SMILES string of the molecule is Cc1ccnc(Nc2cccc(OCCN)c2)c1[N+](=O)[O-]. The van der Waals surface area contributed by atoms with Crippen LogP contribution in [0.15, 0.2) is 36.5 Å². The molecule has 0 fully saturated rings. The van der Waals surface area contributed by atoms with Gasteiger partial charge >= 0.3 is 5.69 Å². The highest BCUT2D eigenvalue weighted by atomic mass is 16.6. The molecule has 0 radical (unpaired) electrons. The van der Waals surface area contributed by atoms with E-state index in [1.807, 2.05) is 0 Å². The lowest BCUT2D eigenvalue weighted by atomic mass is 10.2. The molecule has 0 aliphatic carbocycles. The summed E-state index contributed by atoms with van der Waals surface area (Å²) in [6.45, 7) is 2.50. The fourth-order valence-electron chi connectivity index (χ4n) is 1.85. The molecule has 1 heterocycles. The molecule has 0 bridgehead atoms. The molecule has 2 aromatic rings. The Morgan fingerprint density at radius 2 is 2.24 bits per heavy atom. The maximum absolute atomic E-state index is 11.1. The van der Waals surface area contributed by atoms with Gasteiger partial charge in [-0.1, -0.05) is 6.07 Å². The average Bonchev–Trinajstić information content (AvgIpc) is 2.45. The first-order valence-corrected chi connectivity index (χ1v) is 6.41. The van der Waals surface area contributed by atoms with Gasteiger partial charge < -0.3 is 15.8 Å². The van der Waals surface area contributed by atoms with Crippen LogP contribution in [0.25, 0.3) is 0 Å². The molecule has 7 nitrogen and oxygen atoms in total. The van der Waals surface area contributed by atoms with E-state index in [0.717, 1.165) is 0 Å². The number of pyridine rings is 1. The fourth-order valence-corrected chi connectivity index (χ4v) is 1.85. The van der Waals surface area contributed by atoms with E-state index in [9.17, 15) is 10.1 Å². The van der Waals surface area contributed by atoms with Gasteiger partial charge in [-0.2, -0.15) is 0 Å². The second-order valence-corrected chi connectivity index (χ2v) is 4.37. The number of nitrogens with one attached hydrogen (secondary N) is 1. The standard InChI is InChI=1S/C14H16N4O3/c1-10-5-7-16-14(13(10)18(19)20)17-11-3-2-4-12(9-11)21-8-6-15/h2-5,7,9H,6,8,15H2,1H3,(H,16,17). The summed E-state index contributed by atoms with van der Waals surface area (Å²) < 4.78 is 5.42. The van der Waals surface area contributed by atoms with Crippen molar-refractivity contribution >= 4 is 17.2 Å². The molecule has 0 saturated heterocycles. The van der Waals surface area contributed by atoms with Crippen LogP contribution in [0.3, 0.4) is 0 Å². The number of hydrogen-bond donors (Lipinski definition) is 2. The lowest BCUT2D eigenvalue weighted by Crippen LogP contribution is -2.10. The molecule has 0 aliphatic rings. The van der Waals surface area contributed by atoms with Crippen LogP contribution >= 0.6 is 0 Å². The van der Waals surface area contributed by atoms with Crippen molar-refractivity contribution in [1.29, 1.82) is 0 Å². The Hall–Kier alpha value is -2.67. The molecule has 1 aromatic carbocycles. The predicted octanol–water partition coefficient (Wildman–Crippen LogP) is 2.38. The molecular formula is C14H16N4O3. The zero-order valence-electron chi connectivity index (χ0n) is 11.6. The number of rotatable bonds is 6. The fraction of sp³-hybridized carbons (Fsp3) is 0.214. The zero-order valence-corrected chi connectivity index (χ0v) is 11.6. The van der Waals surface area contributed by atoms with E-state index in [0.29, 0.717) is 30.2 Å². The van der Waals surface area contributed by atoms with E-state index in [1.165, 1.54) is 6.20 Å². The molecule has 110 valence electrons. The van der Waals surface area contributed by atoms with Crippen molar-refractivity contribution in [2.45, 2.75) is 6.92 Å². The van der Waals surface area contributed by atoms with Gasteiger partial charge in [0.05, 0.1) is 4.92 Å². The van der Waals surface area contributed by atoms with Gasteiger partial charge in [0.25, 0.3) is 0 Å². The van der Waals surface area contributed by atoms with Crippen LogP contribution in [0.2, 0.25) is 0 Å². The zero-order chi connectivity index (χ0) is 15.2. The highest BCUT2D eigenvalue weighted by Gasteiger charge is 2.18. The molecule has 0 spiro atoms. The number of aryl methyl sites for hydroxylation is 1. The molecule has 3 N–H and O–H groups in total. The van der Waals surface area contributed by atoms with Crippen molar-refractivity contribution < 1.29 is 9.66 Å². The summed E-state index contributed by atoms with van der Waals surface area (Å²) in [7, 11) is 0. The van der Waals surface area contributed by atoms with Crippen molar-refractivity contribution in [1.82, 2.24) is 4.98 Å². The summed E-state index contributed by atoms with van der Waals surface area (Å²) >= 11 is 0. The van der Waals surface area contributed by atoms with Crippen molar-refractivity contribution in [3.63, 3.8) is 0 Å². The number of nitro groups is 1. The largest absolute Gasteiger partial charge is 0.492 e. The number of ether oxygens (including phenoxy) is 1. The first-order valence-electron chi connectivity index (χ1n) is 6.41. The number of benzene rings is 1. The van der Waals surface area contributed by atoms with E-state index >= 15 is 0 Å². The van der Waals surface area contributed by atoms with E-state index in [-0.39, 0.29) is 11.5 Å². The van der Waals surface area contributed by atoms with Crippen LogP contribution in [0.5, 0.6) is 5.75 Å². The smallest absolute Gasteiger partial charge is 0.314 e. The maximum Gasteiger partial charge on any atom is 0.314 e. The minimum atomic E-state index is -0.445. The molecule has 2 rings (SSSR count). The molecule has 0 saturated carbocycles. The Morgan fingerprint density at radius 3 is 2.95 bits per heavy atom. The second-order valence-electron chi connectivity index (χ2n) is 4.37. The minimum absolute atomic E-state index is 0.0363. The number of nitrogens with two attached hydrogens (primary N) is 1. The molecule has 0 aliphatic heterocycles. The third-order valence-electron chi connectivity index (χ3n) is 2.79. The molecule has 7 heteroatoms. The summed E-state index contributed by atoms with van der Waals surface area (Å²) in [6, 6.07) is 8.70. The van der Waals surface area contributed by atoms with E-state index in [4.69, 9.17) is 10.5 Å². The topological polar surface area (TPSA) is 103 Å². The third-order valence-corrected chi connectivity index (χ3v) is 2.79. The average molecular weight is 288 g/mol. The first kappa shape index (κ1) is 14.7. The quantitative estimate of drug-likeness (QED) is 0.624. The minimum Gasteiger partial charge on any atom is -0.492 e. The lowest BCUT2D eigenvalue weighted by molar-refractivity contribution is -0.384. The van der Waals surface area contributed by atoms with Gasteiger partial charge in [0.1, 0.15) is 12.4 Å². The molecule has 21 heavy (non-hydrogen) atoms. The number of nitrogens with zero attached hydrogens (tertiary/aromatic N) is 2. The molecular weight excluding hydrogens is 272 g/mol. The Balaban J connectivity index is 2.26. The van der Waals surface area contributed by atoms with Crippen molar-refractivity contribution in [2.75, 3.05) is 18.5 Å². The van der Waals surface area contributed by atoms with Crippen LogP contribution in [0.4, 0.5) is 17.2 Å². The van der Waals surface area contributed by atoms with Gasteiger partial charge in [0.15, 0.2) is 0 Å². The maximum atomic E-state index is 11.1.